The summed E-state index contributed by atoms with van der Waals surface area (Å²) in [7, 11) is 5.59. The van der Waals surface area contributed by atoms with Gasteiger partial charge in [-0.3, -0.25) is 9.58 Å². The minimum absolute atomic E-state index is 0.392. The number of hydrogen-bond donors (Lipinski definition) is 1. The number of aromatic nitrogens is 2. The number of nitrogens with zero attached hydrogens (tertiary/aromatic N) is 3. The van der Waals surface area contributed by atoms with Gasteiger partial charge < -0.3 is 9.84 Å². The van der Waals surface area contributed by atoms with E-state index < -0.39 is 6.10 Å². The lowest BCUT2D eigenvalue weighted by Gasteiger charge is -2.21. The van der Waals surface area contributed by atoms with E-state index in [-0.39, 0.29) is 0 Å². The molecule has 1 aromatic heterocycles. The second-order valence-electron chi connectivity index (χ2n) is 6.36. The lowest BCUT2D eigenvalue weighted by atomic mass is 10.1. The van der Waals surface area contributed by atoms with E-state index in [4.69, 9.17) is 4.74 Å². The number of likely N-dealkylation sites (N-methyl/N-ethyl adjacent to an activating group) is 1. The highest BCUT2D eigenvalue weighted by Crippen LogP contribution is 2.22. The smallest absolute Gasteiger partial charge is 0.119 e. The largest absolute Gasteiger partial charge is 0.497 e. The monoisotopic (exact) mass is 317 g/mol. The topological polar surface area (TPSA) is 50.5 Å². The summed E-state index contributed by atoms with van der Waals surface area (Å²) in [5.74, 6) is 1.15. The molecule has 1 aromatic carbocycles. The molecule has 0 spiro atoms. The van der Waals surface area contributed by atoms with Gasteiger partial charge in [0.2, 0.25) is 0 Å². The highest BCUT2D eigenvalue weighted by molar-refractivity contribution is 5.30. The van der Waals surface area contributed by atoms with Crippen LogP contribution >= 0.6 is 0 Å². The van der Waals surface area contributed by atoms with Crippen LogP contribution in [0, 0.1) is 0 Å². The van der Waals surface area contributed by atoms with Gasteiger partial charge in [0.05, 0.1) is 18.9 Å². The molecular formula is C18H27N3O2. The maximum atomic E-state index is 10.5. The number of ether oxygens (including phenoxy) is 1. The van der Waals surface area contributed by atoms with Gasteiger partial charge in [-0.05, 0) is 30.7 Å². The molecule has 126 valence electrons. The van der Waals surface area contributed by atoms with Crippen molar-refractivity contribution >= 4 is 0 Å². The molecule has 0 amide bonds. The minimum atomic E-state index is -0.547. The van der Waals surface area contributed by atoms with Gasteiger partial charge in [-0.1, -0.05) is 26.0 Å². The Kier molecular flexibility index (Phi) is 5.80. The zero-order chi connectivity index (χ0) is 17.0. The SMILES string of the molecule is COc1cccc(C(O)CN(C)Cc2cn(C)nc2C(C)C)c1. The average molecular weight is 317 g/mol. The zero-order valence-corrected chi connectivity index (χ0v) is 14.7. The molecule has 0 fully saturated rings. The summed E-state index contributed by atoms with van der Waals surface area (Å²) in [6.07, 6.45) is 1.51. The van der Waals surface area contributed by atoms with E-state index in [2.05, 4.69) is 30.0 Å². The molecule has 1 atom stereocenters. The maximum absolute atomic E-state index is 10.5. The number of aliphatic hydroxyl groups is 1. The first-order valence-electron chi connectivity index (χ1n) is 7.93. The molecule has 1 unspecified atom stereocenters. The van der Waals surface area contributed by atoms with Crippen LogP contribution in [0.3, 0.4) is 0 Å². The summed E-state index contributed by atoms with van der Waals surface area (Å²) in [6, 6.07) is 7.58. The Bertz CT molecular complexity index is 637. The summed E-state index contributed by atoms with van der Waals surface area (Å²) in [4.78, 5) is 2.12. The normalized spacial score (nSPS) is 12.9. The summed E-state index contributed by atoms with van der Waals surface area (Å²) in [5.41, 5.74) is 3.20. The van der Waals surface area contributed by atoms with E-state index in [1.165, 1.54) is 5.56 Å². The Hall–Kier alpha value is -1.85. The Morgan fingerprint density at radius 1 is 1.35 bits per heavy atom. The standard InChI is InChI=1S/C18H27N3O2/c1-13(2)18-15(11-21(4)19-18)10-20(3)12-17(22)14-7-6-8-16(9-14)23-5/h6-9,11,13,17,22H,10,12H2,1-5H3. The van der Waals surface area contributed by atoms with Gasteiger partial charge in [-0.15, -0.1) is 0 Å². The van der Waals surface area contributed by atoms with Crippen LogP contribution < -0.4 is 4.74 Å². The fourth-order valence-electron chi connectivity index (χ4n) is 2.77. The first-order valence-corrected chi connectivity index (χ1v) is 7.93. The molecule has 23 heavy (non-hydrogen) atoms. The molecule has 0 radical (unpaired) electrons. The molecule has 0 aliphatic rings. The predicted molar refractivity (Wildman–Crippen MR) is 91.6 cm³/mol. The van der Waals surface area contributed by atoms with Crippen molar-refractivity contribution in [3.05, 3.63) is 47.3 Å². The van der Waals surface area contributed by atoms with Crippen molar-refractivity contribution < 1.29 is 9.84 Å². The second-order valence-corrected chi connectivity index (χ2v) is 6.36. The van der Waals surface area contributed by atoms with Crippen LogP contribution in [0.2, 0.25) is 0 Å². The third-order valence-corrected chi connectivity index (χ3v) is 3.89. The van der Waals surface area contributed by atoms with Crippen LogP contribution in [0.4, 0.5) is 0 Å². The molecule has 0 saturated heterocycles. The van der Waals surface area contributed by atoms with Gasteiger partial charge >= 0.3 is 0 Å². The lowest BCUT2D eigenvalue weighted by Crippen LogP contribution is -2.24. The van der Waals surface area contributed by atoms with E-state index in [0.29, 0.717) is 12.5 Å². The molecule has 5 nitrogen and oxygen atoms in total. The number of methoxy groups -OCH3 is 1. The number of aryl methyl sites for hydroxylation is 1. The molecular weight excluding hydrogens is 290 g/mol. The molecule has 0 saturated carbocycles. The van der Waals surface area contributed by atoms with Crippen molar-refractivity contribution in [2.45, 2.75) is 32.4 Å². The van der Waals surface area contributed by atoms with Crippen LogP contribution in [-0.2, 0) is 13.6 Å². The Balaban J connectivity index is 2.02. The van der Waals surface area contributed by atoms with Gasteiger partial charge in [0.1, 0.15) is 5.75 Å². The van der Waals surface area contributed by atoms with E-state index >= 15 is 0 Å². The van der Waals surface area contributed by atoms with Gasteiger partial charge in [0, 0.05) is 31.9 Å². The van der Waals surface area contributed by atoms with E-state index in [1.807, 2.05) is 43.0 Å². The zero-order valence-electron chi connectivity index (χ0n) is 14.7. The third kappa shape index (κ3) is 4.56. The second kappa shape index (κ2) is 7.62. The van der Waals surface area contributed by atoms with E-state index in [9.17, 15) is 5.11 Å². The summed E-state index contributed by atoms with van der Waals surface area (Å²) >= 11 is 0. The molecule has 0 bridgehead atoms. The molecule has 2 aromatic rings. The van der Waals surface area contributed by atoms with Crippen LogP contribution in [-0.4, -0.2) is 40.5 Å². The van der Waals surface area contributed by atoms with Crippen molar-refractivity contribution in [1.82, 2.24) is 14.7 Å². The van der Waals surface area contributed by atoms with Gasteiger partial charge in [-0.25, -0.2) is 0 Å². The first kappa shape index (κ1) is 17.5. The number of rotatable bonds is 7. The lowest BCUT2D eigenvalue weighted by molar-refractivity contribution is 0.123. The molecule has 5 heteroatoms. The maximum Gasteiger partial charge on any atom is 0.119 e. The Morgan fingerprint density at radius 3 is 2.74 bits per heavy atom. The van der Waals surface area contributed by atoms with Gasteiger partial charge in [0.25, 0.3) is 0 Å². The summed E-state index contributed by atoms with van der Waals surface area (Å²) < 4.78 is 7.07. The molecule has 1 N–H and O–H groups in total. The minimum Gasteiger partial charge on any atom is -0.497 e. The van der Waals surface area contributed by atoms with Crippen molar-refractivity contribution in [2.75, 3.05) is 20.7 Å². The average Bonchev–Trinajstić information content (AvgIpc) is 2.87. The number of hydrogen-bond acceptors (Lipinski definition) is 4. The quantitative estimate of drug-likeness (QED) is 0.853. The fraction of sp³-hybridized carbons (Fsp3) is 0.500. The van der Waals surface area contributed by atoms with Crippen molar-refractivity contribution in [3.8, 4) is 5.75 Å². The molecule has 0 aliphatic heterocycles. The molecule has 1 heterocycles. The molecule has 2 rings (SSSR count). The highest BCUT2D eigenvalue weighted by Gasteiger charge is 2.16. The van der Waals surface area contributed by atoms with Crippen molar-refractivity contribution in [3.63, 3.8) is 0 Å². The van der Waals surface area contributed by atoms with Crippen LogP contribution in [0.1, 0.15) is 42.7 Å². The van der Waals surface area contributed by atoms with E-state index in [1.54, 1.807) is 7.11 Å². The Labute approximate surface area is 138 Å². The first-order chi connectivity index (χ1) is 10.9. The van der Waals surface area contributed by atoms with E-state index in [0.717, 1.165) is 23.6 Å². The highest BCUT2D eigenvalue weighted by atomic mass is 16.5. The number of aliphatic hydroxyl groups excluding tert-OH is 1. The Morgan fingerprint density at radius 2 is 2.09 bits per heavy atom. The van der Waals surface area contributed by atoms with Crippen molar-refractivity contribution in [2.24, 2.45) is 7.05 Å². The van der Waals surface area contributed by atoms with Gasteiger partial charge in [-0.2, -0.15) is 5.10 Å². The fourth-order valence-corrected chi connectivity index (χ4v) is 2.77. The summed E-state index contributed by atoms with van der Waals surface area (Å²) in [6.45, 7) is 5.62. The van der Waals surface area contributed by atoms with Crippen LogP contribution in [0.5, 0.6) is 5.75 Å². The third-order valence-electron chi connectivity index (χ3n) is 3.89. The van der Waals surface area contributed by atoms with Crippen LogP contribution in [0.15, 0.2) is 30.5 Å². The van der Waals surface area contributed by atoms with Crippen LogP contribution in [0.25, 0.3) is 0 Å². The van der Waals surface area contributed by atoms with Crippen molar-refractivity contribution in [1.29, 1.82) is 0 Å². The number of benzene rings is 1. The predicted octanol–water partition coefficient (Wildman–Crippen LogP) is 2.72. The van der Waals surface area contributed by atoms with Gasteiger partial charge in [0.15, 0.2) is 0 Å². The molecule has 0 aliphatic carbocycles. The summed E-state index contributed by atoms with van der Waals surface area (Å²) in [5, 5.41) is 15.0.